The third-order valence-electron chi connectivity index (χ3n) is 6.50. The molecule has 2 heterocycles. The van der Waals surface area contributed by atoms with Gasteiger partial charge in [0.1, 0.15) is 41.7 Å². The van der Waals surface area contributed by atoms with Crippen LogP contribution in [-0.2, 0) is 20.8 Å². The van der Waals surface area contributed by atoms with Gasteiger partial charge >= 0.3 is 5.97 Å². The molecule has 8 nitrogen and oxygen atoms in total. The monoisotopic (exact) mass is 543 g/mol. The van der Waals surface area contributed by atoms with Crippen LogP contribution >= 0.6 is 0 Å². The number of aromatic nitrogens is 1. The number of furan rings is 1. The van der Waals surface area contributed by atoms with Crippen LogP contribution in [0.4, 0.5) is 0 Å². The predicted octanol–water partition coefficient (Wildman–Crippen LogP) is 6.33. The van der Waals surface area contributed by atoms with Crippen LogP contribution in [0.3, 0.4) is 0 Å². The molecule has 208 valence electrons. The van der Waals surface area contributed by atoms with Crippen molar-refractivity contribution in [1.82, 2.24) is 4.57 Å². The Hall–Kier alpha value is -4.27. The van der Waals surface area contributed by atoms with Crippen LogP contribution in [0.25, 0.3) is 33.2 Å². The Morgan fingerprint density at radius 2 is 1.50 bits per heavy atom. The molecule has 5 aromatic rings. The number of esters is 1. The molecule has 0 aliphatic heterocycles. The van der Waals surface area contributed by atoms with Gasteiger partial charge < -0.3 is 32.7 Å². The van der Waals surface area contributed by atoms with Gasteiger partial charge in [-0.15, -0.1) is 0 Å². The summed E-state index contributed by atoms with van der Waals surface area (Å²) in [5.74, 6) is 1.49. The fourth-order valence-corrected chi connectivity index (χ4v) is 4.79. The highest BCUT2D eigenvalue weighted by Gasteiger charge is 2.27. The van der Waals surface area contributed by atoms with Crippen LogP contribution in [0, 0.1) is 0 Å². The lowest BCUT2D eigenvalue weighted by molar-refractivity contribution is 0.0515. The Labute approximate surface area is 233 Å². The second kappa shape index (κ2) is 12.7. The molecule has 8 heteroatoms. The lowest BCUT2D eigenvalue weighted by Gasteiger charge is -2.15. The van der Waals surface area contributed by atoms with Crippen molar-refractivity contribution in [2.24, 2.45) is 0 Å². The lowest BCUT2D eigenvalue weighted by atomic mass is 10.1. The number of hydrogen-bond donors (Lipinski definition) is 0. The highest BCUT2D eigenvalue weighted by Crippen LogP contribution is 2.39. The van der Waals surface area contributed by atoms with E-state index >= 15 is 0 Å². The van der Waals surface area contributed by atoms with Gasteiger partial charge in [0.25, 0.3) is 0 Å². The maximum atomic E-state index is 13.6. The average molecular weight is 544 g/mol. The van der Waals surface area contributed by atoms with Gasteiger partial charge in [0.15, 0.2) is 0 Å². The number of fused-ring (bicyclic) bond motifs is 2. The SMILES string of the molecule is CCOC(=O)c1c(-c2cc3ccccc3o2)c2ccccc2n1Cc1cc(OCCOC)cc(OCCOC)c1. The zero-order chi connectivity index (χ0) is 27.9. The number of methoxy groups -OCH3 is 2. The van der Waals surface area contributed by atoms with E-state index in [1.54, 1.807) is 21.1 Å². The van der Waals surface area contributed by atoms with Gasteiger partial charge in [0.05, 0.1) is 25.4 Å². The van der Waals surface area contributed by atoms with E-state index in [-0.39, 0.29) is 6.61 Å². The highest BCUT2D eigenvalue weighted by atomic mass is 16.5. The molecule has 0 atom stereocenters. The average Bonchev–Trinajstić information content (AvgIpc) is 3.53. The van der Waals surface area contributed by atoms with Gasteiger partial charge in [0, 0.05) is 43.1 Å². The van der Waals surface area contributed by atoms with Crippen molar-refractivity contribution in [3.05, 3.63) is 84.1 Å². The summed E-state index contributed by atoms with van der Waals surface area (Å²) >= 11 is 0. The minimum atomic E-state index is -0.418. The Morgan fingerprint density at radius 3 is 2.17 bits per heavy atom. The molecular weight excluding hydrogens is 510 g/mol. The fraction of sp³-hybridized carbons (Fsp3) is 0.281. The second-order valence-corrected chi connectivity index (χ2v) is 9.19. The molecule has 0 fully saturated rings. The summed E-state index contributed by atoms with van der Waals surface area (Å²) in [6.07, 6.45) is 0. The lowest BCUT2D eigenvalue weighted by Crippen LogP contribution is -2.14. The van der Waals surface area contributed by atoms with Crippen molar-refractivity contribution in [3.63, 3.8) is 0 Å². The molecule has 0 N–H and O–H groups in total. The summed E-state index contributed by atoms with van der Waals surface area (Å²) in [6.45, 7) is 4.14. The van der Waals surface area contributed by atoms with Gasteiger partial charge in [-0.05, 0) is 42.8 Å². The smallest absolute Gasteiger partial charge is 0.355 e. The third-order valence-corrected chi connectivity index (χ3v) is 6.50. The first kappa shape index (κ1) is 27.3. The summed E-state index contributed by atoms with van der Waals surface area (Å²) in [4.78, 5) is 13.6. The van der Waals surface area contributed by atoms with E-state index in [1.807, 2.05) is 77.4 Å². The van der Waals surface area contributed by atoms with Gasteiger partial charge in [-0.2, -0.15) is 0 Å². The third kappa shape index (κ3) is 5.83. The molecule has 0 amide bonds. The molecule has 40 heavy (non-hydrogen) atoms. The van der Waals surface area contributed by atoms with E-state index in [4.69, 9.17) is 28.1 Å². The first-order valence-corrected chi connectivity index (χ1v) is 13.3. The number of nitrogens with zero attached hydrogens (tertiary/aromatic N) is 1. The van der Waals surface area contributed by atoms with Crippen molar-refractivity contribution in [2.75, 3.05) is 47.3 Å². The van der Waals surface area contributed by atoms with E-state index in [2.05, 4.69) is 0 Å². The van der Waals surface area contributed by atoms with E-state index < -0.39 is 5.97 Å². The van der Waals surface area contributed by atoms with Crippen LogP contribution < -0.4 is 9.47 Å². The minimum absolute atomic E-state index is 0.250. The van der Waals surface area contributed by atoms with Crippen molar-refractivity contribution in [3.8, 4) is 22.8 Å². The Bertz CT molecular complexity index is 1540. The first-order valence-electron chi connectivity index (χ1n) is 13.3. The van der Waals surface area contributed by atoms with Crippen molar-refractivity contribution < 1.29 is 32.9 Å². The summed E-state index contributed by atoms with van der Waals surface area (Å²) in [5, 5.41) is 1.86. The minimum Gasteiger partial charge on any atom is -0.491 e. The number of carbonyl (C=O) groups is 1. The Kier molecular flexibility index (Phi) is 8.68. The molecule has 2 aromatic heterocycles. The molecule has 5 rings (SSSR count). The zero-order valence-electron chi connectivity index (χ0n) is 23.0. The van der Waals surface area contributed by atoms with E-state index in [0.29, 0.717) is 61.5 Å². The number of para-hydroxylation sites is 2. The summed E-state index contributed by atoms with van der Waals surface area (Å²) in [5.41, 5.74) is 3.66. The number of hydrogen-bond acceptors (Lipinski definition) is 7. The maximum Gasteiger partial charge on any atom is 0.355 e. The second-order valence-electron chi connectivity index (χ2n) is 9.19. The summed E-state index contributed by atoms with van der Waals surface area (Å²) in [7, 11) is 3.26. The largest absolute Gasteiger partial charge is 0.491 e. The van der Waals surface area contributed by atoms with Crippen molar-refractivity contribution in [1.29, 1.82) is 0 Å². The summed E-state index contributed by atoms with van der Waals surface area (Å²) < 4.78 is 36.0. The number of rotatable bonds is 13. The number of benzene rings is 3. The Morgan fingerprint density at radius 1 is 0.825 bits per heavy atom. The van der Waals surface area contributed by atoms with Gasteiger partial charge in [-0.3, -0.25) is 0 Å². The number of ether oxygens (including phenoxy) is 5. The molecule has 0 bridgehead atoms. The molecule has 0 aliphatic carbocycles. The molecular formula is C32H33NO7. The molecule has 0 aliphatic rings. The zero-order valence-corrected chi connectivity index (χ0v) is 23.0. The van der Waals surface area contributed by atoms with Gasteiger partial charge in [0.2, 0.25) is 0 Å². The molecule has 0 saturated heterocycles. The number of carbonyl (C=O) groups excluding carboxylic acids is 1. The standard InChI is InChI=1S/C32H33NO7/c1-4-37-32(34)31-30(29-19-23-9-5-8-12-28(23)40-29)26-10-6-7-11-27(26)33(31)21-22-17-24(38-15-13-35-2)20-25(18-22)39-16-14-36-3/h5-12,17-20H,4,13-16,21H2,1-3H3. The first-order chi connectivity index (χ1) is 19.6. The van der Waals surface area contributed by atoms with Crippen LogP contribution in [0.2, 0.25) is 0 Å². The molecule has 3 aromatic carbocycles. The fourth-order valence-electron chi connectivity index (χ4n) is 4.79. The van der Waals surface area contributed by atoms with Crippen molar-refractivity contribution >= 4 is 27.8 Å². The Balaban J connectivity index is 1.64. The van der Waals surface area contributed by atoms with E-state index in [0.717, 1.165) is 27.4 Å². The van der Waals surface area contributed by atoms with Crippen LogP contribution in [-0.4, -0.2) is 57.8 Å². The van der Waals surface area contributed by atoms with Crippen molar-refractivity contribution in [2.45, 2.75) is 13.5 Å². The summed E-state index contributed by atoms with van der Waals surface area (Å²) in [6, 6.07) is 23.4. The quantitative estimate of drug-likeness (QED) is 0.127. The van der Waals surface area contributed by atoms with Crippen LogP contribution in [0.1, 0.15) is 23.0 Å². The predicted molar refractivity (Wildman–Crippen MR) is 153 cm³/mol. The van der Waals surface area contributed by atoms with E-state index in [9.17, 15) is 4.79 Å². The molecule has 0 spiro atoms. The molecule has 0 radical (unpaired) electrons. The van der Waals surface area contributed by atoms with Gasteiger partial charge in [-0.25, -0.2) is 4.79 Å². The highest BCUT2D eigenvalue weighted by molar-refractivity contribution is 6.08. The maximum absolute atomic E-state index is 13.6. The van der Waals surface area contributed by atoms with Crippen LogP contribution in [0.15, 0.2) is 77.2 Å². The topological polar surface area (TPSA) is 81.3 Å². The molecule has 0 unspecified atom stereocenters. The van der Waals surface area contributed by atoms with Gasteiger partial charge in [-0.1, -0.05) is 36.4 Å². The van der Waals surface area contributed by atoms with E-state index in [1.165, 1.54) is 0 Å². The normalized spacial score (nSPS) is 11.3. The van der Waals surface area contributed by atoms with Crippen LogP contribution in [0.5, 0.6) is 11.5 Å². The molecule has 0 saturated carbocycles.